The first-order chi connectivity index (χ1) is 13.1. The van der Waals surface area contributed by atoms with E-state index in [9.17, 15) is 13.2 Å². The number of nitrogens with two attached hydrogens (primary N) is 1. The number of amides is 1. The Balaban J connectivity index is 1.55. The van der Waals surface area contributed by atoms with E-state index in [4.69, 9.17) is 0 Å². The number of anilines is 1. The monoisotopic (exact) mass is 394 g/mol. The SMILES string of the molecule is O=C(C[NH2+]C1CCCCCCC1)Nc1cccc(S(=O)(=O)N2CCCC2)c1. The van der Waals surface area contributed by atoms with Crippen molar-refractivity contribution in [3.05, 3.63) is 24.3 Å². The Morgan fingerprint density at radius 2 is 1.70 bits per heavy atom. The number of sulfonamides is 1. The van der Waals surface area contributed by atoms with Gasteiger partial charge in [0.05, 0.1) is 10.9 Å². The Hall–Kier alpha value is -1.44. The summed E-state index contributed by atoms with van der Waals surface area (Å²) >= 11 is 0. The molecule has 1 saturated heterocycles. The highest BCUT2D eigenvalue weighted by molar-refractivity contribution is 7.89. The highest BCUT2D eigenvalue weighted by atomic mass is 32.2. The summed E-state index contributed by atoms with van der Waals surface area (Å²) < 4.78 is 26.9. The van der Waals surface area contributed by atoms with Crippen LogP contribution in [-0.4, -0.2) is 44.3 Å². The summed E-state index contributed by atoms with van der Waals surface area (Å²) in [5.41, 5.74) is 0.548. The van der Waals surface area contributed by atoms with Gasteiger partial charge in [-0.25, -0.2) is 8.42 Å². The first-order valence-corrected chi connectivity index (χ1v) is 11.7. The van der Waals surface area contributed by atoms with Gasteiger partial charge in [-0.2, -0.15) is 4.31 Å². The smallest absolute Gasteiger partial charge is 0.279 e. The standard InChI is InChI=1S/C20H31N3O3S/c24-20(16-21-17-9-4-2-1-3-5-10-17)22-18-11-8-12-19(15-18)27(25,26)23-13-6-7-14-23/h8,11-12,15,17,21H,1-7,9-10,13-14,16H2,(H,22,24)/p+1. The van der Waals surface area contributed by atoms with E-state index in [0.717, 1.165) is 12.8 Å². The maximum Gasteiger partial charge on any atom is 0.279 e. The van der Waals surface area contributed by atoms with Crippen LogP contribution in [0.15, 0.2) is 29.2 Å². The number of hydrogen-bond donors (Lipinski definition) is 2. The van der Waals surface area contributed by atoms with Crippen molar-refractivity contribution in [2.75, 3.05) is 25.0 Å². The van der Waals surface area contributed by atoms with Gasteiger partial charge in [-0.05, 0) is 56.7 Å². The highest BCUT2D eigenvalue weighted by Crippen LogP contribution is 2.23. The van der Waals surface area contributed by atoms with Crippen molar-refractivity contribution >= 4 is 21.6 Å². The first kappa shape index (κ1) is 20.3. The van der Waals surface area contributed by atoms with Gasteiger partial charge in [0.2, 0.25) is 10.0 Å². The summed E-state index contributed by atoms with van der Waals surface area (Å²) in [5.74, 6) is -0.0761. The molecule has 1 aromatic rings. The molecule has 0 bridgehead atoms. The second kappa shape index (κ2) is 9.66. The maximum absolute atomic E-state index is 12.7. The van der Waals surface area contributed by atoms with Crippen LogP contribution in [0.5, 0.6) is 0 Å². The van der Waals surface area contributed by atoms with Gasteiger partial charge in [0.1, 0.15) is 0 Å². The van der Waals surface area contributed by atoms with Crippen LogP contribution in [0.4, 0.5) is 5.69 Å². The molecule has 0 spiro atoms. The lowest BCUT2D eigenvalue weighted by molar-refractivity contribution is -0.680. The molecule has 0 atom stereocenters. The number of nitrogens with zero attached hydrogens (tertiary/aromatic N) is 1. The van der Waals surface area contributed by atoms with Crippen LogP contribution < -0.4 is 10.6 Å². The molecule has 1 aliphatic heterocycles. The minimum absolute atomic E-state index is 0.0761. The van der Waals surface area contributed by atoms with Gasteiger partial charge in [-0.3, -0.25) is 4.79 Å². The molecule has 1 aliphatic carbocycles. The lowest BCUT2D eigenvalue weighted by atomic mass is 9.97. The molecular weight excluding hydrogens is 362 g/mol. The van der Waals surface area contributed by atoms with Gasteiger partial charge in [0.25, 0.3) is 5.91 Å². The average Bonchev–Trinajstić information content (AvgIpc) is 3.16. The largest absolute Gasteiger partial charge is 0.336 e. The first-order valence-electron chi connectivity index (χ1n) is 10.3. The lowest BCUT2D eigenvalue weighted by Crippen LogP contribution is -2.91. The van der Waals surface area contributed by atoms with Crippen LogP contribution in [-0.2, 0) is 14.8 Å². The fraction of sp³-hybridized carbons (Fsp3) is 0.650. The van der Waals surface area contributed by atoms with Crippen molar-refractivity contribution in [3.8, 4) is 0 Å². The molecule has 0 aromatic heterocycles. The van der Waals surface area contributed by atoms with E-state index in [1.807, 2.05) is 0 Å². The summed E-state index contributed by atoms with van der Waals surface area (Å²) in [6.45, 7) is 1.54. The minimum Gasteiger partial charge on any atom is -0.336 e. The Morgan fingerprint density at radius 1 is 1.04 bits per heavy atom. The van der Waals surface area contributed by atoms with Gasteiger partial charge in [-0.15, -0.1) is 0 Å². The van der Waals surface area contributed by atoms with Gasteiger partial charge < -0.3 is 10.6 Å². The summed E-state index contributed by atoms with van der Waals surface area (Å²) in [6, 6.07) is 7.14. The fourth-order valence-electron chi connectivity index (χ4n) is 4.02. The fourth-order valence-corrected chi connectivity index (χ4v) is 5.58. The number of carbonyl (C=O) groups is 1. The summed E-state index contributed by atoms with van der Waals surface area (Å²) in [4.78, 5) is 12.6. The number of benzene rings is 1. The Bertz CT molecular complexity index is 722. The summed E-state index contributed by atoms with van der Waals surface area (Å²) in [7, 11) is -3.46. The molecule has 1 aromatic carbocycles. The lowest BCUT2D eigenvalue weighted by Gasteiger charge is -2.18. The van der Waals surface area contributed by atoms with Gasteiger partial charge >= 0.3 is 0 Å². The zero-order chi connectivity index (χ0) is 19.1. The van der Waals surface area contributed by atoms with Crippen molar-refractivity contribution in [2.45, 2.75) is 68.7 Å². The molecule has 1 saturated carbocycles. The normalized spacial score (nSPS) is 20.1. The molecular formula is C20H32N3O3S+. The third kappa shape index (κ3) is 5.77. The van der Waals surface area contributed by atoms with Crippen LogP contribution >= 0.6 is 0 Å². The van der Waals surface area contributed by atoms with Gasteiger partial charge in [-0.1, -0.05) is 25.3 Å². The third-order valence-electron chi connectivity index (χ3n) is 5.61. The molecule has 2 fully saturated rings. The van der Waals surface area contributed by atoms with Crippen molar-refractivity contribution < 1.29 is 18.5 Å². The zero-order valence-electron chi connectivity index (χ0n) is 16.0. The second-order valence-electron chi connectivity index (χ2n) is 7.73. The number of quaternary nitrogens is 1. The molecule has 2 aliphatic rings. The zero-order valence-corrected chi connectivity index (χ0v) is 16.8. The molecule has 3 rings (SSSR count). The summed E-state index contributed by atoms with van der Waals surface area (Å²) in [6.07, 6.45) is 10.6. The Labute approximate surface area is 162 Å². The molecule has 27 heavy (non-hydrogen) atoms. The molecule has 0 radical (unpaired) electrons. The predicted octanol–water partition coefficient (Wildman–Crippen LogP) is 2.09. The number of nitrogens with one attached hydrogen (secondary N) is 1. The maximum atomic E-state index is 12.7. The van der Waals surface area contributed by atoms with E-state index in [0.29, 0.717) is 31.4 Å². The Morgan fingerprint density at radius 3 is 2.41 bits per heavy atom. The number of hydrogen-bond acceptors (Lipinski definition) is 3. The Kier molecular flexibility index (Phi) is 7.26. The van der Waals surface area contributed by atoms with Crippen LogP contribution in [0.3, 0.4) is 0 Å². The molecule has 1 amide bonds. The van der Waals surface area contributed by atoms with Crippen LogP contribution in [0, 0.1) is 0 Å². The quantitative estimate of drug-likeness (QED) is 0.775. The van der Waals surface area contributed by atoms with E-state index >= 15 is 0 Å². The molecule has 1 heterocycles. The third-order valence-corrected chi connectivity index (χ3v) is 7.50. The highest BCUT2D eigenvalue weighted by Gasteiger charge is 2.27. The number of rotatable bonds is 6. The summed E-state index contributed by atoms with van der Waals surface area (Å²) in [5, 5.41) is 5.00. The van der Waals surface area contributed by atoms with Crippen molar-refractivity contribution in [1.82, 2.24) is 4.31 Å². The van der Waals surface area contributed by atoms with Gasteiger partial charge in [0.15, 0.2) is 6.54 Å². The van der Waals surface area contributed by atoms with Gasteiger partial charge in [0, 0.05) is 18.8 Å². The number of carbonyl (C=O) groups excluding carboxylic acids is 1. The van der Waals surface area contributed by atoms with E-state index in [2.05, 4.69) is 10.6 Å². The molecule has 150 valence electrons. The molecule has 0 unspecified atom stereocenters. The van der Waals surface area contributed by atoms with Crippen LogP contribution in [0.25, 0.3) is 0 Å². The van der Waals surface area contributed by atoms with Crippen LogP contribution in [0.2, 0.25) is 0 Å². The second-order valence-corrected chi connectivity index (χ2v) is 9.67. The van der Waals surface area contributed by atoms with E-state index in [1.54, 1.807) is 24.3 Å². The van der Waals surface area contributed by atoms with Crippen molar-refractivity contribution in [3.63, 3.8) is 0 Å². The van der Waals surface area contributed by atoms with Crippen molar-refractivity contribution in [2.24, 2.45) is 0 Å². The van der Waals surface area contributed by atoms with E-state index in [1.165, 1.54) is 49.3 Å². The minimum atomic E-state index is -3.46. The predicted molar refractivity (Wildman–Crippen MR) is 106 cm³/mol. The van der Waals surface area contributed by atoms with Crippen molar-refractivity contribution in [1.29, 1.82) is 0 Å². The molecule has 6 nitrogen and oxygen atoms in total. The van der Waals surface area contributed by atoms with E-state index < -0.39 is 10.0 Å². The van der Waals surface area contributed by atoms with E-state index in [-0.39, 0.29) is 10.8 Å². The molecule has 7 heteroatoms. The topological polar surface area (TPSA) is 83.1 Å². The van der Waals surface area contributed by atoms with Crippen LogP contribution in [0.1, 0.15) is 57.8 Å². The molecule has 3 N–H and O–H groups in total. The average molecular weight is 395 g/mol.